The average Bonchev–Trinajstić information content (AvgIpc) is 2.38. The maximum absolute atomic E-state index is 5.67. The molecule has 2 aromatic carbocycles. The lowest BCUT2D eigenvalue weighted by Crippen LogP contribution is -2.05. The number of alkyl halides is 1. The van der Waals surface area contributed by atoms with Gasteiger partial charge in [0.1, 0.15) is 5.75 Å². The summed E-state index contributed by atoms with van der Waals surface area (Å²) in [5.41, 5.74) is 3.69. The third kappa shape index (κ3) is 3.86. The van der Waals surface area contributed by atoms with E-state index in [1.54, 1.807) is 0 Å². The second-order valence-electron chi connectivity index (χ2n) is 5.12. The molecule has 0 aliphatic carbocycles. The number of aryl methyl sites for hydroxylation is 1. The zero-order valence-electron chi connectivity index (χ0n) is 11.9. The minimum Gasteiger partial charge on any atom is -0.491 e. The van der Waals surface area contributed by atoms with Gasteiger partial charge in [0.05, 0.1) is 10.9 Å². The fraction of sp³-hybridized carbons (Fsp3) is 0.294. The SMILES string of the molecule is Cc1ccc(C(Br)c2ccc(OC(C)C)cc2)c(Br)c1. The van der Waals surface area contributed by atoms with E-state index in [9.17, 15) is 0 Å². The number of benzene rings is 2. The first kappa shape index (κ1) is 15.6. The first-order valence-electron chi connectivity index (χ1n) is 6.64. The number of halogens is 2. The molecule has 0 bridgehead atoms. The second-order valence-corrected chi connectivity index (χ2v) is 6.89. The van der Waals surface area contributed by atoms with Crippen molar-refractivity contribution in [1.29, 1.82) is 0 Å². The molecule has 0 amide bonds. The van der Waals surface area contributed by atoms with Gasteiger partial charge < -0.3 is 4.74 Å². The van der Waals surface area contributed by atoms with E-state index in [1.165, 1.54) is 16.7 Å². The van der Waals surface area contributed by atoms with Crippen molar-refractivity contribution in [2.24, 2.45) is 0 Å². The monoisotopic (exact) mass is 396 g/mol. The van der Waals surface area contributed by atoms with Crippen molar-refractivity contribution in [3.63, 3.8) is 0 Å². The van der Waals surface area contributed by atoms with E-state index in [0.29, 0.717) is 0 Å². The first-order chi connectivity index (χ1) is 9.47. The molecule has 0 aliphatic rings. The number of hydrogen-bond donors (Lipinski definition) is 0. The summed E-state index contributed by atoms with van der Waals surface area (Å²) in [5, 5.41) is 0. The highest BCUT2D eigenvalue weighted by Gasteiger charge is 2.13. The molecule has 2 rings (SSSR count). The Morgan fingerprint density at radius 3 is 2.20 bits per heavy atom. The predicted molar refractivity (Wildman–Crippen MR) is 91.9 cm³/mol. The highest BCUT2D eigenvalue weighted by atomic mass is 79.9. The standard InChI is InChI=1S/C17H18Br2O/c1-11(2)20-14-7-5-13(6-8-14)17(19)15-9-4-12(3)10-16(15)18/h4-11,17H,1-3H3. The fourth-order valence-electron chi connectivity index (χ4n) is 2.00. The minimum atomic E-state index is 0.172. The van der Waals surface area contributed by atoms with Gasteiger partial charge in [0.15, 0.2) is 0 Å². The molecular weight excluding hydrogens is 380 g/mol. The average molecular weight is 398 g/mol. The van der Waals surface area contributed by atoms with E-state index < -0.39 is 0 Å². The van der Waals surface area contributed by atoms with E-state index in [4.69, 9.17) is 4.74 Å². The lowest BCUT2D eigenvalue weighted by molar-refractivity contribution is 0.242. The van der Waals surface area contributed by atoms with Gasteiger partial charge in [-0.25, -0.2) is 0 Å². The van der Waals surface area contributed by atoms with E-state index >= 15 is 0 Å². The van der Waals surface area contributed by atoms with Crippen molar-refractivity contribution in [2.45, 2.75) is 31.7 Å². The smallest absolute Gasteiger partial charge is 0.119 e. The molecule has 3 heteroatoms. The van der Waals surface area contributed by atoms with Crippen LogP contribution in [0.15, 0.2) is 46.9 Å². The first-order valence-corrected chi connectivity index (χ1v) is 8.35. The molecule has 0 fully saturated rings. The van der Waals surface area contributed by atoms with Crippen LogP contribution in [0.25, 0.3) is 0 Å². The van der Waals surface area contributed by atoms with E-state index in [-0.39, 0.29) is 10.9 Å². The molecule has 1 nitrogen and oxygen atoms in total. The summed E-state index contributed by atoms with van der Waals surface area (Å²) in [7, 11) is 0. The molecule has 1 atom stereocenters. The molecule has 0 saturated carbocycles. The van der Waals surface area contributed by atoms with Crippen molar-refractivity contribution in [3.8, 4) is 5.75 Å². The van der Waals surface area contributed by atoms with Gasteiger partial charge in [-0.3, -0.25) is 0 Å². The van der Waals surface area contributed by atoms with Gasteiger partial charge in [-0.1, -0.05) is 56.1 Å². The topological polar surface area (TPSA) is 9.23 Å². The van der Waals surface area contributed by atoms with Crippen LogP contribution in [0.3, 0.4) is 0 Å². The fourth-order valence-corrected chi connectivity index (χ4v) is 3.74. The highest BCUT2D eigenvalue weighted by molar-refractivity contribution is 9.11. The summed E-state index contributed by atoms with van der Waals surface area (Å²) in [4.78, 5) is 0.172. The third-order valence-electron chi connectivity index (χ3n) is 2.97. The molecule has 0 N–H and O–H groups in total. The van der Waals surface area contributed by atoms with Gasteiger partial charge in [-0.15, -0.1) is 0 Å². The van der Waals surface area contributed by atoms with Crippen molar-refractivity contribution in [1.82, 2.24) is 0 Å². The maximum atomic E-state index is 5.67. The molecule has 1 unspecified atom stereocenters. The molecule has 20 heavy (non-hydrogen) atoms. The summed E-state index contributed by atoms with van der Waals surface area (Å²) < 4.78 is 6.80. The van der Waals surface area contributed by atoms with Gasteiger partial charge in [0, 0.05) is 4.47 Å². The van der Waals surface area contributed by atoms with Crippen LogP contribution >= 0.6 is 31.9 Å². The Balaban J connectivity index is 2.22. The van der Waals surface area contributed by atoms with Gasteiger partial charge >= 0.3 is 0 Å². The maximum Gasteiger partial charge on any atom is 0.119 e. The Hall–Kier alpha value is -0.800. The molecule has 106 valence electrons. The van der Waals surface area contributed by atoms with E-state index in [0.717, 1.165) is 10.2 Å². The zero-order valence-corrected chi connectivity index (χ0v) is 15.0. The van der Waals surface area contributed by atoms with Gasteiger partial charge in [0.2, 0.25) is 0 Å². The van der Waals surface area contributed by atoms with Crippen molar-refractivity contribution in [2.75, 3.05) is 0 Å². The molecule has 0 aromatic heterocycles. The molecule has 0 radical (unpaired) electrons. The Bertz CT molecular complexity index is 576. The van der Waals surface area contributed by atoms with Gasteiger partial charge in [-0.05, 0) is 55.7 Å². The summed E-state index contributed by atoms with van der Waals surface area (Å²) in [6.07, 6.45) is 0.201. The lowest BCUT2D eigenvalue weighted by Gasteiger charge is -2.15. The molecule has 0 saturated heterocycles. The Labute approximate surface area is 137 Å². The number of rotatable bonds is 4. The second kappa shape index (κ2) is 6.77. The van der Waals surface area contributed by atoms with Crippen LogP contribution in [0, 0.1) is 6.92 Å². The van der Waals surface area contributed by atoms with Crippen LogP contribution in [0.5, 0.6) is 5.75 Å². The van der Waals surface area contributed by atoms with Crippen molar-refractivity contribution < 1.29 is 4.74 Å². The minimum absolute atomic E-state index is 0.172. The quantitative estimate of drug-likeness (QED) is 0.572. The normalized spacial score (nSPS) is 12.5. The lowest BCUT2D eigenvalue weighted by atomic mass is 10.0. The Kier molecular flexibility index (Phi) is 5.28. The molecule has 0 heterocycles. The number of ether oxygens (including phenoxy) is 1. The molecule has 0 spiro atoms. The van der Waals surface area contributed by atoms with Crippen LogP contribution < -0.4 is 4.74 Å². The third-order valence-corrected chi connectivity index (χ3v) is 4.68. The molecular formula is C17H18Br2O. The van der Waals surface area contributed by atoms with Crippen LogP contribution in [-0.2, 0) is 0 Å². The summed E-state index contributed by atoms with van der Waals surface area (Å²) in [6, 6.07) is 14.7. The van der Waals surface area contributed by atoms with Gasteiger partial charge in [0.25, 0.3) is 0 Å². The predicted octanol–water partition coefficient (Wildman–Crippen LogP) is 6.03. The summed E-state index contributed by atoms with van der Waals surface area (Å²) in [6.45, 7) is 6.16. The van der Waals surface area contributed by atoms with Gasteiger partial charge in [-0.2, -0.15) is 0 Å². The van der Waals surface area contributed by atoms with Crippen LogP contribution in [0.4, 0.5) is 0 Å². The van der Waals surface area contributed by atoms with E-state index in [2.05, 4.69) is 69.1 Å². The van der Waals surface area contributed by atoms with Crippen LogP contribution in [-0.4, -0.2) is 6.10 Å². The largest absolute Gasteiger partial charge is 0.491 e. The van der Waals surface area contributed by atoms with Crippen molar-refractivity contribution in [3.05, 3.63) is 63.6 Å². The van der Waals surface area contributed by atoms with Crippen LogP contribution in [0.1, 0.15) is 35.4 Å². The molecule has 0 aliphatic heterocycles. The highest BCUT2D eigenvalue weighted by Crippen LogP contribution is 2.36. The summed E-state index contributed by atoms with van der Waals surface area (Å²) in [5.74, 6) is 0.909. The van der Waals surface area contributed by atoms with Crippen molar-refractivity contribution >= 4 is 31.9 Å². The van der Waals surface area contributed by atoms with Crippen LogP contribution in [0.2, 0.25) is 0 Å². The Morgan fingerprint density at radius 1 is 1.00 bits per heavy atom. The number of hydrogen-bond acceptors (Lipinski definition) is 1. The molecule has 2 aromatic rings. The summed E-state index contributed by atoms with van der Waals surface area (Å²) >= 11 is 7.41. The van der Waals surface area contributed by atoms with E-state index in [1.807, 2.05) is 26.0 Å². The zero-order chi connectivity index (χ0) is 14.7. The Morgan fingerprint density at radius 2 is 1.65 bits per heavy atom.